The Balaban J connectivity index is 2.16. The fourth-order valence-electron chi connectivity index (χ4n) is 2.86. The summed E-state index contributed by atoms with van der Waals surface area (Å²) in [6.07, 6.45) is 5.98. The monoisotopic (exact) mass is 337 g/mol. The summed E-state index contributed by atoms with van der Waals surface area (Å²) in [6, 6.07) is 8.14. The van der Waals surface area contributed by atoms with Gasteiger partial charge in [0, 0.05) is 5.56 Å². The molecule has 0 saturated heterocycles. The van der Waals surface area contributed by atoms with E-state index in [9.17, 15) is 0 Å². The first-order valence-electron chi connectivity index (χ1n) is 8.93. The molecule has 0 atom stereocenters. The van der Waals surface area contributed by atoms with E-state index in [4.69, 9.17) is 11.1 Å². The van der Waals surface area contributed by atoms with Gasteiger partial charge < -0.3 is 5.73 Å². The van der Waals surface area contributed by atoms with Crippen LogP contribution in [0.4, 0.5) is 0 Å². The molecule has 3 nitrogen and oxygen atoms in total. The number of rotatable bonds is 2. The summed E-state index contributed by atoms with van der Waals surface area (Å²) in [5.41, 5.74) is 10.9. The van der Waals surface area contributed by atoms with Crippen molar-refractivity contribution in [2.45, 2.75) is 59.8 Å². The Labute approximate surface area is 152 Å². The van der Waals surface area contributed by atoms with Crippen molar-refractivity contribution < 1.29 is 0 Å². The molecule has 0 aromatic heterocycles. The molecule has 1 aliphatic rings. The summed E-state index contributed by atoms with van der Waals surface area (Å²) < 4.78 is 0. The average Bonchev–Trinajstić information content (AvgIpc) is 2.53. The second-order valence-electron chi connectivity index (χ2n) is 8.81. The van der Waals surface area contributed by atoms with E-state index in [-0.39, 0.29) is 16.7 Å². The molecule has 0 amide bonds. The lowest BCUT2D eigenvalue weighted by Crippen LogP contribution is -2.18. The van der Waals surface area contributed by atoms with Crippen molar-refractivity contribution in [2.24, 2.45) is 16.1 Å². The van der Waals surface area contributed by atoms with Crippen molar-refractivity contribution in [2.75, 3.05) is 0 Å². The Hall–Kier alpha value is -2.16. The van der Waals surface area contributed by atoms with Crippen molar-refractivity contribution in [3.63, 3.8) is 0 Å². The number of amidine groups is 2. The van der Waals surface area contributed by atoms with Crippen LogP contribution in [0.2, 0.25) is 0 Å². The van der Waals surface area contributed by atoms with Gasteiger partial charge in [0.05, 0.1) is 0 Å². The molecule has 0 unspecified atom stereocenters. The molecule has 0 fully saturated rings. The van der Waals surface area contributed by atoms with Gasteiger partial charge in [0.1, 0.15) is 11.7 Å². The van der Waals surface area contributed by atoms with E-state index in [0.29, 0.717) is 5.84 Å². The maximum absolute atomic E-state index is 8.26. The molecule has 0 bridgehead atoms. The van der Waals surface area contributed by atoms with Crippen LogP contribution < -0.4 is 5.73 Å². The van der Waals surface area contributed by atoms with Gasteiger partial charge in [-0.2, -0.15) is 0 Å². The van der Waals surface area contributed by atoms with Crippen molar-refractivity contribution in [3.8, 4) is 0 Å². The van der Waals surface area contributed by atoms with Crippen molar-refractivity contribution >= 4 is 11.7 Å². The molecule has 0 saturated carbocycles. The highest BCUT2D eigenvalue weighted by atomic mass is 14.9. The summed E-state index contributed by atoms with van der Waals surface area (Å²) in [6.45, 7) is 13.2. The first-order valence-corrected chi connectivity index (χ1v) is 8.93. The zero-order chi connectivity index (χ0) is 18.8. The summed E-state index contributed by atoms with van der Waals surface area (Å²) >= 11 is 0. The number of nitrogens with two attached hydrogens (primary N) is 1. The maximum Gasteiger partial charge on any atom is 0.150 e. The van der Waals surface area contributed by atoms with E-state index in [2.05, 4.69) is 64.7 Å². The molecule has 1 aromatic carbocycles. The third-order valence-electron chi connectivity index (χ3n) is 4.70. The van der Waals surface area contributed by atoms with Gasteiger partial charge >= 0.3 is 0 Å². The van der Waals surface area contributed by atoms with Crippen molar-refractivity contribution in [1.29, 1.82) is 5.41 Å². The van der Waals surface area contributed by atoms with Crippen LogP contribution in [0.15, 0.2) is 52.6 Å². The topological polar surface area (TPSA) is 62.2 Å². The zero-order valence-electron chi connectivity index (χ0n) is 16.4. The van der Waals surface area contributed by atoms with Crippen LogP contribution in [0.3, 0.4) is 0 Å². The molecular weight excluding hydrogens is 306 g/mol. The highest BCUT2D eigenvalue weighted by Gasteiger charge is 2.20. The van der Waals surface area contributed by atoms with Gasteiger partial charge in [-0.25, -0.2) is 4.99 Å². The molecular formula is C22H31N3. The molecule has 0 spiro atoms. The minimum Gasteiger partial charge on any atom is -0.383 e. The SMILES string of the molecule is CC(C)(C)C1=CC=C(C(=N)N=C(N)c2ccc(C(C)(C)C)cc2)CC1. The lowest BCUT2D eigenvalue weighted by molar-refractivity contribution is 0.480. The zero-order valence-corrected chi connectivity index (χ0v) is 16.4. The minimum absolute atomic E-state index is 0.112. The maximum atomic E-state index is 8.26. The predicted octanol–water partition coefficient (Wildman–Crippen LogP) is 5.36. The third-order valence-corrected chi connectivity index (χ3v) is 4.70. The lowest BCUT2D eigenvalue weighted by Gasteiger charge is -2.25. The van der Waals surface area contributed by atoms with Crippen molar-refractivity contribution in [3.05, 3.63) is 58.7 Å². The largest absolute Gasteiger partial charge is 0.383 e. The number of hydrogen-bond donors (Lipinski definition) is 2. The average molecular weight is 338 g/mol. The summed E-state index contributed by atoms with van der Waals surface area (Å²) in [5, 5.41) is 8.26. The summed E-state index contributed by atoms with van der Waals surface area (Å²) in [4.78, 5) is 4.33. The van der Waals surface area contributed by atoms with E-state index in [1.165, 1.54) is 11.1 Å². The van der Waals surface area contributed by atoms with Gasteiger partial charge in [-0.3, -0.25) is 5.41 Å². The number of benzene rings is 1. The number of nitrogens with one attached hydrogen (secondary N) is 1. The lowest BCUT2D eigenvalue weighted by atomic mass is 9.80. The molecule has 2 rings (SSSR count). The molecule has 134 valence electrons. The standard InChI is InChI=1S/C22H31N3/c1-21(2,3)17-11-7-15(8-12-17)19(23)25-20(24)16-9-13-18(14-10-16)22(4,5)6/h7-9,11-13H,10,14H2,1-6H3,(H3,23,24,25). The molecule has 25 heavy (non-hydrogen) atoms. The third kappa shape index (κ3) is 4.91. The van der Waals surface area contributed by atoms with Gasteiger partial charge in [0.25, 0.3) is 0 Å². The number of aliphatic imine (C=N–C) groups is 1. The van der Waals surface area contributed by atoms with E-state index >= 15 is 0 Å². The Morgan fingerprint density at radius 2 is 1.52 bits per heavy atom. The van der Waals surface area contributed by atoms with Crippen LogP contribution in [0.5, 0.6) is 0 Å². The van der Waals surface area contributed by atoms with Gasteiger partial charge in [-0.15, -0.1) is 0 Å². The van der Waals surface area contributed by atoms with Crippen LogP contribution in [0, 0.1) is 10.8 Å². The smallest absolute Gasteiger partial charge is 0.150 e. The predicted molar refractivity (Wildman–Crippen MR) is 108 cm³/mol. The second kappa shape index (κ2) is 6.99. The quantitative estimate of drug-likeness (QED) is 0.554. The first-order chi connectivity index (χ1) is 11.5. The Bertz CT molecular complexity index is 733. The Kier molecular flexibility index (Phi) is 5.36. The highest BCUT2D eigenvalue weighted by Crippen LogP contribution is 2.33. The first kappa shape index (κ1) is 19.2. The minimum atomic E-state index is 0.112. The van der Waals surface area contributed by atoms with E-state index in [1.54, 1.807) is 0 Å². The fourth-order valence-corrected chi connectivity index (χ4v) is 2.86. The Morgan fingerprint density at radius 3 is 1.96 bits per heavy atom. The van der Waals surface area contributed by atoms with Gasteiger partial charge in [-0.05, 0) is 34.8 Å². The molecule has 1 aromatic rings. The number of nitrogens with zero attached hydrogens (tertiary/aromatic N) is 1. The number of hydrogen-bond acceptors (Lipinski definition) is 1. The van der Waals surface area contributed by atoms with Gasteiger partial charge in [0.15, 0.2) is 0 Å². The van der Waals surface area contributed by atoms with Crippen LogP contribution in [0.25, 0.3) is 0 Å². The molecule has 0 aliphatic heterocycles. The van der Waals surface area contributed by atoms with E-state index < -0.39 is 0 Å². The van der Waals surface area contributed by atoms with Crippen LogP contribution in [-0.2, 0) is 5.41 Å². The second-order valence-corrected chi connectivity index (χ2v) is 8.81. The highest BCUT2D eigenvalue weighted by molar-refractivity contribution is 6.09. The van der Waals surface area contributed by atoms with E-state index in [0.717, 1.165) is 24.0 Å². The molecule has 1 aliphatic carbocycles. The molecule has 3 heteroatoms. The Morgan fingerprint density at radius 1 is 0.920 bits per heavy atom. The van der Waals surface area contributed by atoms with Gasteiger partial charge in [0.2, 0.25) is 0 Å². The fraction of sp³-hybridized carbons (Fsp3) is 0.455. The van der Waals surface area contributed by atoms with Crippen LogP contribution in [-0.4, -0.2) is 11.7 Å². The number of allylic oxidation sites excluding steroid dienone is 3. The van der Waals surface area contributed by atoms with Crippen LogP contribution in [0.1, 0.15) is 65.5 Å². The molecule has 3 N–H and O–H groups in total. The summed E-state index contributed by atoms with van der Waals surface area (Å²) in [5.74, 6) is 0.665. The van der Waals surface area contributed by atoms with Crippen molar-refractivity contribution in [1.82, 2.24) is 0 Å². The van der Waals surface area contributed by atoms with Gasteiger partial charge in [-0.1, -0.05) is 83.5 Å². The van der Waals surface area contributed by atoms with Crippen LogP contribution >= 0.6 is 0 Å². The van der Waals surface area contributed by atoms with E-state index in [1.807, 2.05) is 18.2 Å². The normalized spacial score (nSPS) is 16.3. The summed E-state index contributed by atoms with van der Waals surface area (Å²) in [7, 11) is 0. The molecule has 0 heterocycles. The molecule has 0 radical (unpaired) electrons.